The van der Waals surface area contributed by atoms with Gasteiger partial charge in [-0.25, -0.2) is 9.97 Å². The number of benzene rings is 1. The van der Waals surface area contributed by atoms with Crippen LogP contribution in [0.25, 0.3) is 16.6 Å². The maximum atomic E-state index is 12.4. The van der Waals surface area contributed by atoms with E-state index in [0.717, 1.165) is 21.9 Å². The molecule has 0 spiro atoms. The van der Waals surface area contributed by atoms with Crippen molar-refractivity contribution < 1.29 is 0 Å². The van der Waals surface area contributed by atoms with E-state index in [1.807, 2.05) is 43.3 Å². The maximum Gasteiger partial charge on any atom is 0.258 e. The van der Waals surface area contributed by atoms with E-state index in [2.05, 4.69) is 24.0 Å². The Hall–Kier alpha value is -2.66. The third-order valence-corrected chi connectivity index (χ3v) is 5.15. The summed E-state index contributed by atoms with van der Waals surface area (Å²) in [5, 5.41) is 2.12. The van der Waals surface area contributed by atoms with Crippen molar-refractivity contribution in [2.45, 2.75) is 24.6 Å². The van der Waals surface area contributed by atoms with E-state index < -0.39 is 0 Å². The van der Waals surface area contributed by atoms with Gasteiger partial charge in [0.25, 0.3) is 5.56 Å². The van der Waals surface area contributed by atoms with Crippen LogP contribution in [0.3, 0.4) is 0 Å². The SMILES string of the molecule is Cc1cc(SCc2cc(=O)n3c(C)cccc3n2)nc2ccccc12. The molecule has 4 aromatic rings. The highest BCUT2D eigenvalue weighted by molar-refractivity contribution is 7.98. The van der Waals surface area contributed by atoms with Crippen molar-refractivity contribution in [2.75, 3.05) is 0 Å². The number of nitrogens with zero attached hydrogens (tertiary/aromatic N) is 3. The van der Waals surface area contributed by atoms with Crippen molar-refractivity contribution in [1.82, 2.24) is 14.4 Å². The second-order valence-electron chi connectivity index (χ2n) is 6.03. The molecule has 0 amide bonds. The molecule has 0 atom stereocenters. The Morgan fingerprint density at radius 3 is 2.72 bits per heavy atom. The molecule has 5 heteroatoms. The molecule has 3 heterocycles. The number of aryl methyl sites for hydroxylation is 2. The number of hydrogen-bond donors (Lipinski definition) is 0. The molecule has 0 unspecified atom stereocenters. The van der Waals surface area contributed by atoms with Gasteiger partial charge in [0.2, 0.25) is 0 Å². The van der Waals surface area contributed by atoms with Gasteiger partial charge in [-0.05, 0) is 43.7 Å². The fourth-order valence-corrected chi connectivity index (χ4v) is 3.84. The van der Waals surface area contributed by atoms with Crippen LogP contribution in [0.1, 0.15) is 17.0 Å². The Morgan fingerprint density at radius 1 is 1.00 bits per heavy atom. The molecule has 0 aliphatic carbocycles. The number of fused-ring (bicyclic) bond motifs is 2. The minimum Gasteiger partial charge on any atom is -0.269 e. The number of aromatic nitrogens is 3. The summed E-state index contributed by atoms with van der Waals surface area (Å²) in [6, 6.07) is 17.5. The highest BCUT2D eigenvalue weighted by Crippen LogP contribution is 2.25. The summed E-state index contributed by atoms with van der Waals surface area (Å²) >= 11 is 1.60. The summed E-state index contributed by atoms with van der Waals surface area (Å²) in [5.41, 5.74) is 4.50. The van der Waals surface area contributed by atoms with E-state index in [1.165, 1.54) is 10.9 Å². The van der Waals surface area contributed by atoms with Gasteiger partial charge >= 0.3 is 0 Å². The number of pyridine rings is 2. The average molecular weight is 347 g/mol. The summed E-state index contributed by atoms with van der Waals surface area (Å²) in [6.07, 6.45) is 0. The van der Waals surface area contributed by atoms with Crippen molar-refractivity contribution in [3.63, 3.8) is 0 Å². The monoisotopic (exact) mass is 347 g/mol. The molecule has 1 aromatic carbocycles. The molecular formula is C20H17N3OS. The fourth-order valence-electron chi connectivity index (χ4n) is 2.98. The summed E-state index contributed by atoms with van der Waals surface area (Å²) in [6.45, 7) is 4.00. The molecule has 0 saturated heterocycles. The quantitative estimate of drug-likeness (QED) is 0.522. The van der Waals surface area contributed by atoms with Crippen LogP contribution < -0.4 is 5.56 Å². The van der Waals surface area contributed by atoms with Crippen LogP contribution in [0.4, 0.5) is 0 Å². The van der Waals surface area contributed by atoms with Crippen molar-refractivity contribution in [3.8, 4) is 0 Å². The first-order valence-electron chi connectivity index (χ1n) is 8.09. The Balaban J connectivity index is 1.65. The van der Waals surface area contributed by atoms with E-state index in [1.54, 1.807) is 22.2 Å². The Labute approximate surface area is 149 Å². The summed E-state index contributed by atoms with van der Waals surface area (Å²) in [4.78, 5) is 21.7. The topological polar surface area (TPSA) is 47.3 Å². The molecule has 25 heavy (non-hydrogen) atoms. The Morgan fingerprint density at radius 2 is 1.84 bits per heavy atom. The number of hydrogen-bond acceptors (Lipinski definition) is 4. The fraction of sp³-hybridized carbons (Fsp3) is 0.150. The minimum atomic E-state index is -0.0404. The minimum absolute atomic E-state index is 0.0404. The van der Waals surface area contributed by atoms with E-state index in [4.69, 9.17) is 4.98 Å². The molecule has 0 saturated carbocycles. The highest BCUT2D eigenvalue weighted by atomic mass is 32.2. The van der Waals surface area contributed by atoms with Crippen LogP contribution in [0.15, 0.2) is 64.4 Å². The Kier molecular flexibility index (Phi) is 4.01. The van der Waals surface area contributed by atoms with Gasteiger partial charge in [0.15, 0.2) is 0 Å². The van der Waals surface area contributed by atoms with E-state index in [0.29, 0.717) is 11.4 Å². The number of para-hydroxylation sites is 1. The standard InChI is InChI=1S/C20H17N3OS/c1-13-10-19(22-17-8-4-3-7-16(13)17)25-12-15-11-20(24)23-14(2)6-5-9-18(23)21-15/h3-11H,12H2,1-2H3. The van der Waals surface area contributed by atoms with Gasteiger partial charge in [0, 0.05) is 22.9 Å². The van der Waals surface area contributed by atoms with Gasteiger partial charge in [-0.3, -0.25) is 9.20 Å². The lowest BCUT2D eigenvalue weighted by Crippen LogP contribution is -2.17. The highest BCUT2D eigenvalue weighted by Gasteiger charge is 2.07. The first-order chi connectivity index (χ1) is 12.1. The largest absolute Gasteiger partial charge is 0.269 e. The molecule has 3 aromatic heterocycles. The Bertz CT molecular complexity index is 1150. The second-order valence-corrected chi connectivity index (χ2v) is 7.03. The van der Waals surface area contributed by atoms with Crippen LogP contribution in [-0.2, 0) is 5.75 Å². The van der Waals surface area contributed by atoms with Gasteiger partial charge in [-0.1, -0.05) is 36.0 Å². The normalized spacial score (nSPS) is 11.3. The van der Waals surface area contributed by atoms with Crippen molar-refractivity contribution in [1.29, 1.82) is 0 Å². The first kappa shape index (κ1) is 15.8. The maximum absolute atomic E-state index is 12.4. The number of thioether (sulfide) groups is 1. The molecule has 4 rings (SSSR count). The predicted octanol–water partition coefficient (Wildman–Crippen LogP) is 4.15. The van der Waals surface area contributed by atoms with Crippen molar-refractivity contribution in [2.24, 2.45) is 0 Å². The third-order valence-electron chi connectivity index (χ3n) is 4.20. The van der Waals surface area contributed by atoms with Gasteiger partial charge in [0.05, 0.1) is 16.2 Å². The molecule has 124 valence electrons. The molecule has 4 nitrogen and oxygen atoms in total. The van der Waals surface area contributed by atoms with Gasteiger partial charge in [-0.2, -0.15) is 0 Å². The van der Waals surface area contributed by atoms with Gasteiger partial charge in [-0.15, -0.1) is 0 Å². The van der Waals surface area contributed by atoms with Crippen LogP contribution in [-0.4, -0.2) is 14.4 Å². The van der Waals surface area contributed by atoms with Crippen LogP contribution in [0, 0.1) is 13.8 Å². The van der Waals surface area contributed by atoms with Crippen molar-refractivity contribution in [3.05, 3.63) is 81.9 Å². The average Bonchev–Trinajstić information content (AvgIpc) is 2.60. The zero-order chi connectivity index (χ0) is 17.4. The van der Waals surface area contributed by atoms with E-state index in [9.17, 15) is 4.79 Å². The van der Waals surface area contributed by atoms with Gasteiger partial charge < -0.3 is 0 Å². The molecule has 0 aliphatic rings. The third kappa shape index (κ3) is 3.03. The second kappa shape index (κ2) is 6.33. The predicted molar refractivity (Wildman–Crippen MR) is 102 cm³/mol. The molecule has 0 N–H and O–H groups in total. The zero-order valence-electron chi connectivity index (χ0n) is 14.1. The molecule has 0 bridgehead atoms. The summed E-state index contributed by atoms with van der Waals surface area (Å²) in [7, 11) is 0. The van der Waals surface area contributed by atoms with Crippen LogP contribution in [0.5, 0.6) is 0 Å². The molecule has 0 fully saturated rings. The smallest absolute Gasteiger partial charge is 0.258 e. The van der Waals surface area contributed by atoms with E-state index >= 15 is 0 Å². The van der Waals surface area contributed by atoms with Crippen LogP contribution in [0.2, 0.25) is 0 Å². The lowest BCUT2D eigenvalue weighted by molar-refractivity contribution is 0.968. The van der Waals surface area contributed by atoms with Crippen LogP contribution >= 0.6 is 11.8 Å². The zero-order valence-corrected chi connectivity index (χ0v) is 14.9. The van der Waals surface area contributed by atoms with E-state index in [-0.39, 0.29) is 5.56 Å². The lowest BCUT2D eigenvalue weighted by atomic mass is 10.1. The summed E-state index contributed by atoms with van der Waals surface area (Å²) < 4.78 is 1.63. The number of rotatable bonds is 3. The lowest BCUT2D eigenvalue weighted by Gasteiger charge is -2.08. The first-order valence-corrected chi connectivity index (χ1v) is 9.08. The van der Waals surface area contributed by atoms with Gasteiger partial charge in [0.1, 0.15) is 5.65 Å². The molecule has 0 aliphatic heterocycles. The summed E-state index contributed by atoms with van der Waals surface area (Å²) in [5.74, 6) is 0.616. The molecule has 0 radical (unpaired) electrons. The van der Waals surface area contributed by atoms with Crippen molar-refractivity contribution >= 4 is 28.3 Å². The molecular weight excluding hydrogens is 330 g/mol.